The molecule has 0 radical (unpaired) electrons. The topological polar surface area (TPSA) is 85.2 Å². The van der Waals surface area contributed by atoms with Crippen LogP contribution in [0, 0.1) is 25.2 Å². The van der Waals surface area contributed by atoms with Crippen molar-refractivity contribution in [2.24, 2.45) is 0 Å². The van der Waals surface area contributed by atoms with Gasteiger partial charge in [0.1, 0.15) is 0 Å². The second kappa shape index (κ2) is 11.1. The lowest BCUT2D eigenvalue weighted by Gasteiger charge is -2.31. The summed E-state index contributed by atoms with van der Waals surface area (Å²) in [6.45, 7) is 2.27. The van der Waals surface area contributed by atoms with Crippen molar-refractivity contribution in [3.63, 3.8) is 0 Å². The first-order valence-corrected chi connectivity index (χ1v) is 11.8. The van der Waals surface area contributed by atoms with E-state index in [1.165, 1.54) is 42.5 Å². The lowest BCUT2D eigenvalue weighted by atomic mass is 9.90. The SMILES string of the molecule is Cc1cc(C(F)(C(F)(F)F)C(F)(F)F)cc(C)c1NC(=O)c1ccc(N(C)C)c(NC(=O)c2ccc(C#N)cc2)c1. The molecule has 2 N–H and O–H groups in total. The number of aryl methyl sites for hydroxylation is 2. The maximum Gasteiger partial charge on any atom is 0.435 e. The number of nitrogens with one attached hydrogen (secondary N) is 2. The fourth-order valence-corrected chi connectivity index (χ4v) is 4.09. The van der Waals surface area contributed by atoms with Gasteiger partial charge in [-0.3, -0.25) is 9.59 Å². The van der Waals surface area contributed by atoms with E-state index in [-0.39, 0.29) is 33.6 Å². The van der Waals surface area contributed by atoms with Crippen molar-refractivity contribution in [3.05, 3.63) is 88.0 Å². The average Bonchev–Trinajstić information content (AvgIpc) is 2.88. The van der Waals surface area contributed by atoms with Gasteiger partial charge in [0.2, 0.25) is 0 Å². The Morgan fingerprint density at radius 1 is 0.756 bits per heavy atom. The minimum Gasteiger partial charge on any atom is -0.376 e. The summed E-state index contributed by atoms with van der Waals surface area (Å²) in [5, 5.41) is 14.1. The number of amides is 2. The van der Waals surface area contributed by atoms with Crippen molar-refractivity contribution in [1.82, 2.24) is 0 Å². The van der Waals surface area contributed by atoms with E-state index in [1.54, 1.807) is 19.0 Å². The van der Waals surface area contributed by atoms with E-state index in [0.717, 1.165) is 13.8 Å². The third-order valence-corrected chi connectivity index (χ3v) is 6.22. The van der Waals surface area contributed by atoms with E-state index in [4.69, 9.17) is 5.26 Å². The standard InChI is InChI=1S/C28H23F7N4O2/c1-15-11-20(26(29,27(30,31)32)28(33,34)35)12-16(2)23(15)38-25(41)19-9-10-22(39(3)4)21(13-19)37-24(40)18-7-5-17(14-36)6-8-18/h5-13H,1-4H3,(H,37,40)(H,38,41). The number of hydrogen-bond acceptors (Lipinski definition) is 4. The van der Waals surface area contributed by atoms with Gasteiger partial charge in [-0.2, -0.15) is 31.6 Å². The zero-order chi connectivity index (χ0) is 30.9. The van der Waals surface area contributed by atoms with E-state index < -0.39 is 35.4 Å². The molecule has 0 bridgehead atoms. The number of nitriles is 1. The second-order valence-electron chi connectivity index (χ2n) is 9.36. The number of alkyl halides is 7. The van der Waals surface area contributed by atoms with Gasteiger partial charge < -0.3 is 15.5 Å². The molecule has 6 nitrogen and oxygen atoms in total. The van der Waals surface area contributed by atoms with Gasteiger partial charge in [-0.1, -0.05) is 12.1 Å². The number of rotatable bonds is 6. The molecule has 3 aromatic rings. The smallest absolute Gasteiger partial charge is 0.376 e. The number of carbonyl (C=O) groups is 2. The van der Waals surface area contributed by atoms with E-state index in [1.807, 2.05) is 6.07 Å². The summed E-state index contributed by atoms with van der Waals surface area (Å²) in [5.74, 6) is -1.33. The molecule has 0 aliphatic carbocycles. The lowest BCUT2D eigenvalue weighted by Crippen LogP contribution is -2.50. The molecule has 0 aliphatic rings. The van der Waals surface area contributed by atoms with Crippen LogP contribution in [0.5, 0.6) is 0 Å². The molecule has 0 atom stereocenters. The average molecular weight is 581 g/mol. The summed E-state index contributed by atoms with van der Waals surface area (Å²) >= 11 is 0. The minimum absolute atomic E-state index is 0.000902. The summed E-state index contributed by atoms with van der Waals surface area (Å²) in [5.41, 5.74) is -6.53. The number of carbonyl (C=O) groups excluding carboxylic acids is 2. The lowest BCUT2D eigenvalue weighted by molar-refractivity contribution is -0.348. The highest BCUT2D eigenvalue weighted by atomic mass is 19.4. The van der Waals surface area contributed by atoms with Gasteiger partial charge in [-0.05, 0) is 67.4 Å². The molecular formula is C28H23F7N4O2. The van der Waals surface area contributed by atoms with Crippen molar-refractivity contribution in [3.8, 4) is 6.07 Å². The monoisotopic (exact) mass is 580 g/mol. The molecule has 216 valence electrons. The van der Waals surface area contributed by atoms with Crippen LogP contribution >= 0.6 is 0 Å². The van der Waals surface area contributed by atoms with Gasteiger partial charge in [0.15, 0.2) is 0 Å². The highest BCUT2D eigenvalue weighted by molar-refractivity contribution is 6.09. The molecule has 2 amide bonds. The van der Waals surface area contributed by atoms with Crippen molar-refractivity contribution in [2.45, 2.75) is 31.9 Å². The van der Waals surface area contributed by atoms with Gasteiger partial charge in [0, 0.05) is 36.5 Å². The molecule has 0 spiro atoms. The van der Waals surface area contributed by atoms with Crippen molar-refractivity contribution in [1.29, 1.82) is 5.26 Å². The molecule has 0 saturated heterocycles. The molecule has 0 unspecified atom stereocenters. The third kappa shape index (κ3) is 6.11. The number of anilines is 3. The first-order valence-electron chi connectivity index (χ1n) is 11.8. The van der Waals surface area contributed by atoms with Crippen LogP contribution in [0.1, 0.15) is 43.0 Å². The normalized spacial score (nSPS) is 12.0. The molecule has 3 rings (SSSR count). The van der Waals surface area contributed by atoms with Crippen LogP contribution in [0.3, 0.4) is 0 Å². The quantitative estimate of drug-likeness (QED) is 0.307. The van der Waals surface area contributed by atoms with Crippen molar-refractivity contribution >= 4 is 28.9 Å². The first-order chi connectivity index (χ1) is 18.9. The second-order valence-corrected chi connectivity index (χ2v) is 9.36. The Morgan fingerprint density at radius 3 is 1.71 bits per heavy atom. The molecule has 0 heterocycles. The number of hydrogen-bond donors (Lipinski definition) is 2. The Hall–Kier alpha value is -4.60. The zero-order valence-electron chi connectivity index (χ0n) is 22.1. The molecule has 3 aromatic carbocycles. The van der Waals surface area contributed by atoms with Crippen LogP contribution in [-0.4, -0.2) is 38.3 Å². The van der Waals surface area contributed by atoms with Crippen LogP contribution in [-0.2, 0) is 5.67 Å². The fourth-order valence-electron chi connectivity index (χ4n) is 4.09. The highest BCUT2D eigenvalue weighted by Gasteiger charge is 2.73. The minimum atomic E-state index is -6.28. The predicted octanol–water partition coefficient (Wildman–Crippen LogP) is 7.04. The van der Waals surface area contributed by atoms with Gasteiger partial charge >= 0.3 is 18.0 Å². The van der Waals surface area contributed by atoms with E-state index in [9.17, 15) is 40.3 Å². The maximum atomic E-state index is 14.6. The van der Waals surface area contributed by atoms with Crippen molar-refractivity contribution in [2.75, 3.05) is 29.6 Å². The maximum absolute atomic E-state index is 14.6. The van der Waals surface area contributed by atoms with Crippen LogP contribution in [0.2, 0.25) is 0 Å². The molecule has 41 heavy (non-hydrogen) atoms. The fraction of sp³-hybridized carbons (Fsp3) is 0.250. The number of benzene rings is 3. The Balaban J connectivity index is 1.95. The summed E-state index contributed by atoms with van der Waals surface area (Å²) < 4.78 is 94.0. The first kappa shape index (κ1) is 30.9. The molecule has 0 aromatic heterocycles. The van der Waals surface area contributed by atoms with Crippen molar-refractivity contribution < 1.29 is 40.3 Å². The van der Waals surface area contributed by atoms with Gasteiger partial charge in [-0.25, -0.2) is 4.39 Å². The van der Waals surface area contributed by atoms with Crippen LogP contribution in [0.25, 0.3) is 0 Å². The Bertz CT molecular complexity index is 1490. The van der Waals surface area contributed by atoms with Gasteiger partial charge in [-0.15, -0.1) is 0 Å². The van der Waals surface area contributed by atoms with Gasteiger partial charge in [0.05, 0.1) is 23.0 Å². The van der Waals surface area contributed by atoms with Crippen LogP contribution in [0.15, 0.2) is 54.6 Å². The summed E-state index contributed by atoms with van der Waals surface area (Å²) in [6.07, 6.45) is -12.6. The Labute approximate surface area is 230 Å². The largest absolute Gasteiger partial charge is 0.435 e. The van der Waals surface area contributed by atoms with Crippen LogP contribution < -0.4 is 15.5 Å². The van der Waals surface area contributed by atoms with E-state index in [0.29, 0.717) is 23.4 Å². The summed E-state index contributed by atoms with van der Waals surface area (Å²) in [4.78, 5) is 27.5. The van der Waals surface area contributed by atoms with Gasteiger partial charge in [0.25, 0.3) is 11.8 Å². The van der Waals surface area contributed by atoms with Crippen LogP contribution in [0.4, 0.5) is 47.8 Å². The Kier molecular flexibility index (Phi) is 8.38. The number of halogens is 7. The highest BCUT2D eigenvalue weighted by Crippen LogP contribution is 2.53. The molecular weight excluding hydrogens is 557 g/mol. The molecule has 0 saturated carbocycles. The van der Waals surface area contributed by atoms with E-state index in [2.05, 4.69) is 10.6 Å². The summed E-state index contributed by atoms with van der Waals surface area (Å²) in [6, 6.07) is 12.8. The third-order valence-electron chi connectivity index (χ3n) is 6.22. The predicted molar refractivity (Wildman–Crippen MR) is 139 cm³/mol. The Morgan fingerprint density at radius 2 is 1.24 bits per heavy atom. The summed E-state index contributed by atoms with van der Waals surface area (Å²) in [7, 11) is 3.38. The zero-order valence-corrected chi connectivity index (χ0v) is 22.1. The van der Waals surface area contributed by atoms with E-state index >= 15 is 0 Å². The molecule has 0 aliphatic heterocycles. The number of nitrogens with zero attached hydrogens (tertiary/aromatic N) is 2. The molecule has 13 heteroatoms. The molecule has 0 fully saturated rings.